The number of carbonyl (C=O) groups excluding carboxylic acids is 1. The minimum Gasteiger partial charge on any atom is -1.00 e. The number of hydrogen-bond acceptors (Lipinski definition) is 3. The Kier molecular flexibility index (Phi) is 5.00. The number of nitrogens with zero attached hydrogens (tertiary/aromatic N) is 1. The van der Waals surface area contributed by atoms with Gasteiger partial charge in [-0.2, -0.15) is 4.57 Å². The van der Waals surface area contributed by atoms with E-state index in [9.17, 15) is 9.59 Å². The van der Waals surface area contributed by atoms with Crippen molar-refractivity contribution in [2.45, 2.75) is 6.54 Å². The van der Waals surface area contributed by atoms with Crippen LogP contribution in [0.2, 0.25) is 0 Å². The van der Waals surface area contributed by atoms with Gasteiger partial charge in [0.05, 0.1) is 10.4 Å². The molecule has 0 aliphatic carbocycles. The number of carbonyl (C=O) groups is 2. The predicted octanol–water partition coefficient (Wildman–Crippen LogP) is -1.38. The van der Waals surface area contributed by atoms with E-state index < -0.39 is 5.97 Å². The molecular weight excluding hydrogens is 274 g/mol. The van der Waals surface area contributed by atoms with Crippen LogP contribution >= 0.6 is 11.3 Å². The van der Waals surface area contributed by atoms with E-state index in [4.69, 9.17) is 5.11 Å². The third-order valence-electron chi connectivity index (χ3n) is 2.25. The smallest absolute Gasteiger partial charge is 0.337 e. The Hall–Kier alpha value is -1.72. The molecule has 0 spiro atoms. The molecule has 0 aromatic carbocycles. The fourth-order valence-corrected chi connectivity index (χ4v) is 2.29. The number of ketones is 1. The molecule has 2 heterocycles. The van der Waals surface area contributed by atoms with Gasteiger partial charge in [0.25, 0.3) is 0 Å². The van der Waals surface area contributed by atoms with Gasteiger partial charge >= 0.3 is 5.97 Å². The average molecular weight is 284 g/mol. The second-order valence-electron chi connectivity index (χ2n) is 3.44. The molecule has 0 radical (unpaired) electrons. The van der Waals surface area contributed by atoms with Crippen LogP contribution in [0.5, 0.6) is 0 Å². The summed E-state index contributed by atoms with van der Waals surface area (Å²) in [6.45, 7) is 0.154. The summed E-state index contributed by atoms with van der Waals surface area (Å²) in [5.41, 5.74) is 0.0801. The molecule has 0 fully saturated rings. The highest BCUT2D eigenvalue weighted by molar-refractivity contribution is 7.12. The number of aromatic nitrogens is 1. The van der Waals surface area contributed by atoms with Gasteiger partial charge in [-0.15, -0.1) is 11.3 Å². The zero-order valence-electron chi connectivity index (χ0n) is 9.25. The Morgan fingerprint density at radius 1 is 1.22 bits per heavy atom. The second kappa shape index (κ2) is 6.28. The van der Waals surface area contributed by atoms with Crippen molar-refractivity contribution in [1.29, 1.82) is 0 Å². The molecule has 2 aromatic heterocycles. The van der Waals surface area contributed by atoms with Crippen LogP contribution in [0.4, 0.5) is 0 Å². The fraction of sp³-hybridized carbons (Fsp3) is 0.0833. The van der Waals surface area contributed by atoms with E-state index in [1.807, 2.05) is 18.2 Å². The average Bonchev–Trinajstić information content (AvgIpc) is 2.79. The van der Waals surface area contributed by atoms with Gasteiger partial charge in [0.15, 0.2) is 12.4 Å². The lowest BCUT2D eigenvalue weighted by atomic mass is 10.2. The number of rotatable bonds is 4. The van der Waals surface area contributed by atoms with Crippen molar-refractivity contribution in [3.05, 3.63) is 52.5 Å². The first kappa shape index (κ1) is 14.3. The van der Waals surface area contributed by atoms with Crippen molar-refractivity contribution in [1.82, 2.24) is 0 Å². The van der Waals surface area contributed by atoms with Gasteiger partial charge in [0.1, 0.15) is 0 Å². The molecule has 4 nitrogen and oxygen atoms in total. The van der Waals surface area contributed by atoms with Crippen LogP contribution in [0, 0.1) is 0 Å². The molecule has 94 valence electrons. The van der Waals surface area contributed by atoms with Crippen molar-refractivity contribution in [2.24, 2.45) is 0 Å². The number of hydrogen-bond donors (Lipinski definition) is 1. The Balaban J connectivity index is 0.00000162. The van der Waals surface area contributed by atoms with E-state index in [0.717, 1.165) is 11.3 Å². The Labute approximate surface area is 114 Å². The first-order valence-electron chi connectivity index (χ1n) is 4.96. The van der Waals surface area contributed by atoms with E-state index in [1.54, 1.807) is 22.3 Å². The molecule has 0 saturated heterocycles. The molecule has 2 aromatic rings. The molecular formula is C12H10ClNO3S. The van der Waals surface area contributed by atoms with Crippen molar-refractivity contribution in [2.75, 3.05) is 0 Å². The van der Waals surface area contributed by atoms with Gasteiger partial charge in [0.2, 0.25) is 12.3 Å². The Bertz CT molecular complexity index is 553. The van der Waals surface area contributed by atoms with E-state index in [2.05, 4.69) is 0 Å². The van der Waals surface area contributed by atoms with Gasteiger partial charge in [-0.25, -0.2) is 4.79 Å². The summed E-state index contributed by atoms with van der Waals surface area (Å²) < 4.78 is 1.72. The first-order chi connectivity index (χ1) is 8.18. The predicted molar refractivity (Wildman–Crippen MR) is 62.2 cm³/mol. The quantitative estimate of drug-likeness (QED) is 0.556. The molecule has 0 bridgehead atoms. The molecule has 0 aliphatic rings. The normalized spacial score (nSPS) is 9.56. The summed E-state index contributed by atoms with van der Waals surface area (Å²) in [4.78, 5) is 23.1. The highest BCUT2D eigenvalue weighted by Gasteiger charge is 2.20. The summed E-state index contributed by atoms with van der Waals surface area (Å²) in [5.74, 6) is -1.25. The van der Waals surface area contributed by atoms with Crippen LogP contribution in [0.15, 0.2) is 42.0 Å². The van der Waals surface area contributed by atoms with Crippen LogP contribution < -0.4 is 17.0 Å². The minimum atomic E-state index is -1.06. The molecule has 0 atom stereocenters. The Morgan fingerprint density at radius 3 is 2.50 bits per heavy atom. The fourth-order valence-electron chi connectivity index (χ4n) is 1.47. The summed E-state index contributed by atoms with van der Waals surface area (Å²) in [6.07, 6.45) is 3.54. The van der Waals surface area contributed by atoms with Gasteiger partial charge in [0, 0.05) is 12.1 Å². The van der Waals surface area contributed by atoms with E-state index in [-0.39, 0.29) is 30.3 Å². The summed E-state index contributed by atoms with van der Waals surface area (Å²) in [7, 11) is 0. The molecule has 0 unspecified atom stereocenters. The Morgan fingerprint density at radius 2 is 1.89 bits per heavy atom. The van der Waals surface area contributed by atoms with Gasteiger partial charge < -0.3 is 17.5 Å². The van der Waals surface area contributed by atoms with Crippen LogP contribution in [-0.2, 0) is 6.54 Å². The molecule has 0 amide bonds. The monoisotopic (exact) mass is 283 g/mol. The zero-order chi connectivity index (χ0) is 12.3. The number of aromatic carboxylic acids is 1. The van der Waals surface area contributed by atoms with Crippen molar-refractivity contribution in [3.8, 4) is 0 Å². The third kappa shape index (κ3) is 3.15. The second-order valence-corrected chi connectivity index (χ2v) is 4.36. The SMILES string of the molecule is O=C(O)c1ccsc1C(=O)C[n+]1ccccc1.[Cl-]. The number of Topliss-reactive ketones (excluding diaryl/α,β-unsaturated/α-hetero) is 1. The zero-order valence-corrected chi connectivity index (χ0v) is 10.8. The molecule has 6 heteroatoms. The molecule has 1 N–H and O–H groups in total. The maximum atomic E-state index is 11.9. The van der Waals surface area contributed by atoms with Crippen LogP contribution in [0.25, 0.3) is 0 Å². The summed E-state index contributed by atoms with van der Waals surface area (Å²) in [5, 5.41) is 10.5. The largest absolute Gasteiger partial charge is 1.00 e. The number of thiophene rings is 1. The maximum absolute atomic E-state index is 11.9. The van der Waals surface area contributed by atoms with Crippen molar-refractivity contribution < 1.29 is 31.7 Å². The number of halogens is 1. The molecule has 0 saturated carbocycles. The molecule has 2 rings (SSSR count). The van der Waals surface area contributed by atoms with Crippen molar-refractivity contribution >= 4 is 23.1 Å². The third-order valence-corrected chi connectivity index (χ3v) is 3.21. The van der Waals surface area contributed by atoms with E-state index >= 15 is 0 Å². The van der Waals surface area contributed by atoms with Crippen LogP contribution in [0.3, 0.4) is 0 Å². The summed E-state index contributed by atoms with van der Waals surface area (Å²) in [6, 6.07) is 6.95. The minimum absolute atomic E-state index is 0. The first-order valence-corrected chi connectivity index (χ1v) is 5.84. The van der Waals surface area contributed by atoms with Gasteiger partial charge in [-0.3, -0.25) is 4.79 Å². The standard InChI is InChI=1S/C12H9NO3S.ClH/c14-10(8-13-5-2-1-3-6-13)11-9(12(15)16)4-7-17-11;/h1-7H,8H2;1H. The van der Waals surface area contributed by atoms with E-state index in [0.29, 0.717) is 4.88 Å². The van der Waals surface area contributed by atoms with Gasteiger partial charge in [-0.1, -0.05) is 6.07 Å². The lowest BCUT2D eigenvalue weighted by Crippen LogP contribution is -3.00. The van der Waals surface area contributed by atoms with Crippen LogP contribution in [0.1, 0.15) is 20.0 Å². The highest BCUT2D eigenvalue weighted by Crippen LogP contribution is 2.17. The number of pyridine rings is 1. The van der Waals surface area contributed by atoms with Gasteiger partial charge in [-0.05, 0) is 11.4 Å². The lowest BCUT2D eigenvalue weighted by molar-refractivity contribution is -0.683. The summed E-state index contributed by atoms with van der Waals surface area (Å²) >= 11 is 1.16. The maximum Gasteiger partial charge on any atom is 0.337 e. The van der Waals surface area contributed by atoms with Crippen LogP contribution in [-0.4, -0.2) is 16.9 Å². The number of carboxylic acids is 1. The molecule has 0 aliphatic heterocycles. The highest BCUT2D eigenvalue weighted by atomic mass is 35.5. The van der Waals surface area contributed by atoms with Crippen molar-refractivity contribution in [3.63, 3.8) is 0 Å². The van der Waals surface area contributed by atoms with E-state index in [1.165, 1.54) is 6.07 Å². The molecule has 18 heavy (non-hydrogen) atoms. The lowest BCUT2D eigenvalue weighted by Gasteiger charge is -1.96. The topological polar surface area (TPSA) is 58.2 Å². The number of carboxylic acid groups (broad SMARTS) is 1.